The van der Waals surface area contributed by atoms with Gasteiger partial charge in [0.1, 0.15) is 5.75 Å². The van der Waals surface area contributed by atoms with E-state index in [0.29, 0.717) is 5.56 Å². The highest BCUT2D eigenvalue weighted by Crippen LogP contribution is 2.25. The smallest absolute Gasteiger partial charge is 0.344 e. The summed E-state index contributed by atoms with van der Waals surface area (Å²) in [6.45, 7) is 0. The maximum atomic E-state index is 12.5. The van der Waals surface area contributed by atoms with Crippen LogP contribution in [-0.4, -0.2) is 10.9 Å². The Morgan fingerprint density at radius 2 is 1.46 bits per heavy atom. The summed E-state index contributed by atoms with van der Waals surface area (Å²) in [5.41, 5.74) is 2.06. The molecule has 0 N–H and O–H groups in total. The summed E-state index contributed by atoms with van der Waals surface area (Å²) in [6, 6.07) is 22.1. The van der Waals surface area contributed by atoms with Gasteiger partial charge in [-0.2, -0.15) is 0 Å². The maximum Gasteiger partial charge on any atom is 0.344 e. The molecule has 0 amide bonds. The molecule has 0 aliphatic rings. The van der Waals surface area contributed by atoms with Crippen LogP contribution in [0.2, 0.25) is 0 Å². The largest absolute Gasteiger partial charge is 0.423 e. The van der Waals surface area contributed by atoms with Crippen molar-refractivity contribution < 1.29 is 14.5 Å². The number of carbonyl (C=O) groups excluding carboxylic acids is 1. The fourth-order valence-electron chi connectivity index (χ4n) is 2.33. The second kappa shape index (κ2) is 6.75. The fraction of sp³-hybridized carbons (Fsp3) is 0. The minimum atomic E-state index is -0.511. The molecule has 24 heavy (non-hydrogen) atoms. The van der Waals surface area contributed by atoms with Crippen LogP contribution >= 0.6 is 0 Å². The third-order valence-electron chi connectivity index (χ3n) is 3.49. The quantitative estimate of drug-likeness (QED) is 0.308. The van der Waals surface area contributed by atoms with Crippen molar-refractivity contribution in [1.82, 2.24) is 0 Å². The molecular weight excluding hydrogens is 306 g/mol. The summed E-state index contributed by atoms with van der Waals surface area (Å²) in [4.78, 5) is 22.6. The Morgan fingerprint density at radius 3 is 2.12 bits per heavy atom. The Bertz CT molecular complexity index is 873. The van der Waals surface area contributed by atoms with E-state index in [9.17, 15) is 14.9 Å². The molecule has 0 spiro atoms. The first-order valence-corrected chi connectivity index (χ1v) is 7.26. The Morgan fingerprint density at radius 1 is 0.833 bits per heavy atom. The summed E-state index contributed by atoms with van der Waals surface area (Å²) >= 11 is 0. The Kier molecular flexibility index (Phi) is 4.34. The fourth-order valence-corrected chi connectivity index (χ4v) is 2.33. The molecule has 3 aromatic carbocycles. The molecule has 0 fully saturated rings. The average Bonchev–Trinajstić information content (AvgIpc) is 2.63. The monoisotopic (exact) mass is 319 g/mol. The van der Waals surface area contributed by atoms with E-state index in [2.05, 4.69) is 0 Å². The molecule has 5 nitrogen and oxygen atoms in total. The first kappa shape index (κ1) is 15.4. The van der Waals surface area contributed by atoms with Crippen molar-refractivity contribution in [2.45, 2.75) is 0 Å². The molecular formula is C19H13NO4. The van der Waals surface area contributed by atoms with Gasteiger partial charge in [0.2, 0.25) is 0 Å². The van der Waals surface area contributed by atoms with Gasteiger partial charge in [-0.1, -0.05) is 48.5 Å². The molecule has 0 aliphatic heterocycles. The number of nitro benzene ring substituents is 1. The van der Waals surface area contributed by atoms with Crippen LogP contribution in [0.4, 0.5) is 5.69 Å². The molecule has 0 saturated heterocycles. The number of nitro groups is 1. The van der Waals surface area contributed by atoms with Crippen LogP contribution in [0, 0.1) is 10.1 Å². The zero-order valence-corrected chi connectivity index (χ0v) is 12.6. The SMILES string of the molecule is O=C(Oc1ccc([N+](=O)[O-])cc1)c1ccccc1-c1ccccc1. The van der Waals surface area contributed by atoms with Crippen molar-refractivity contribution in [2.24, 2.45) is 0 Å². The predicted molar refractivity (Wildman–Crippen MR) is 89.9 cm³/mol. The lowest BCUT2D eigenvalue weighted by atomic mass is 10.00. The van der Waals surface area contributed by atoms with E-state index in [1.165, 1.54) is 24.3 Å². The van der Waals surface area contributed by atoms with Gasteiger partial charge in [0.05, 0.1) is 10.5 Å². The second-order valence-corrected chi connectivity index (χ2v) is 5.05. The first-order valence-electron chi connectivity index (χ1n) is 7.26. The Balaban J connectivity index is 1.87. The highest BCUT2D eigenvalue weighted by molar-refractivity contribution is 5.98. The van der Waals surface area contributed by atoms with Gasteiger partial charge in [0, 0.05) is 12.1 Å². The first-order chi connectivity index (χ1) is 11.6. The number of hydrogen-bond donors (Lipinski definition) is 0. The number of non-ortho nitro benzene ring substituents is 1. The Labute approximate surface area is 138 Å². The number of rotatable bonds is 4. The Hall–Kier alpha value is -3.47. The number of carbonyl (C=O) groups is 1. The van der Waals surface area contributed by atoms with E-state index in [0.717, 1.165) is 11.1 Å². The molecule has 0 aromatic heterocycles. The van der Waals surface area contributed by atoms with Crippen LogP contribution in [0.3, 0.4) is 0 Å². The number of esters is 1. The topological polar surface area (TPSA) is 69.4 Å². The van der Waals surface area contributed by atoms with Crippen molar-refractivity contribution in [3.63, 3.8) is 0 Å². The third kappa shape index (κ3) is 3.30. The van der Waals surface area contributed by atoms with Gasteiger partial charge in [-0.15, -0.1) is 0 Å². The minimum Gasteiger partial charge on any atom is -0.423 e. The molecule has 0 saturated carbocycles. The molecule has 0 radical (unpaired) electrons. The van der Waals surface area contributed by atoms with Crippen molar-refractivity contribution in [3.8, 4) is 16.9 Å². The molecule has 3 rings (SSSR count). The van der Waals surface area contributed by atoms with Crippen LogP contribution in [-0.2, 0) is 0 Å². The van der Waals surface area contributed by atoms with E-state index in [1.807, 2.05) is 42.5 Å². The molecule has 118 valence electrons. The van der Waals surface area contributed by atoms with Crippen molar-refractivity contribution in [1.29, 1.82) is 0 Å². The van der Waals surface area contributed by atoms with E-state index in [4.69, 9.17) is 4.74 Å². The van der Waals surface area contributed by atoms with Gasteiger partial charge in [0.15, 0.2) is 0 Å². The van der Waals surface area contributed by atoms with E-state index >= 15 is 0 Å². The van der Waals surface area contributed by atoms with Gasteiger partial charge in [-0.25, -0.2) is 4.79 Å². The van der Waals surface area contributed by atoms with Gasteiger partial charge >= 0.3 is 5.97 Å². The molecule has 3 aromatic rings. The lowest BCUT2D eigenvalue weighted by molar-refractivity contribution is -0.384. The maximum absolute atomic E-state index is 12.5. The van der Waals surface area contributed by atoms with Crippen LogP contribution < -0.4 is 4.74 Å². The molecule has 0 bridgehead atoms. The van der Waals surface area contributed by atoms with Crippen LogP contribution in [0.15, 0.2) is 78.9 Å². The van der Waals surface area contributed by atoms with Crippen molar-refractivity contribution in [2.75, 3.05) is 0 Å². The number of ether oxygens (including phenoxy) is 1. The number of nitrogens with zero attached hydrogens (tertiary/aromatic N) is 1. The standard InChI is InChI=1S/C19H13NO4/c21-19(24-16-12-10-15(11-13-16)20(22)23)18-9-5-4-8-17(18)14-6-2-1-3-7-14/h1-13H. The summed E-state index contributed by atoms with van der Waals surface area (Å²) in [7, 11) is 0. The molecule has 0 atom stereocenters. The van der Waals surface area contributed by atoms with E-state index in [-0.39, 0.29) is 11.4 Å². The van der Waals surface area contributed by atoms with Gasteiger partial charge in [0.25, 0.3) is 5.69 Å². The third-order valence-corrected chi connectivity index (χ3v) is 3.49. The molecule has 0 aliphatic carbocycles. The zero-order chi connectivity index (χ0) is 16.9. The lowest BCUT2D eigenvalue weighted by Gasteiger charge is -2.09. The normalized spacial score (nSPS) is 10.2. The van der Waals surface area contributed by atoms with E-state index < -0.39 is 10.9 Å². The van der Waals surface area contributed by atoms with Crippen molar-refractivity contribution >= 4 is 11.7 Å². The highest BCUT2D eigenvalue weighted by atomic mass is 16.6. The molecule has 5 heteroatoms. The predicted octanol–water partition coefficient (Wildman–Crippen LogP) is 4.48. The zero-order valence-electron chi connectivity index (χ0n) is 12.6. The highest BCUT2D eigenvalue weighted by Gasteiger charge is 2.15. The van der Waals surface area contributed by atoms with Crippen molar-refractivity contribution in [3.05, 3.63) is 94.5 Å². The summed E-state index contributed by atoms with van der Waals surface area (Å²) in [6.07, 6.45) is 0. The summed E-state index contributed by atoms with van der Waals surface area (Å²) < 4.78 is 5.34. The number of benzene rings is 3. The summed E-state index contributed by atoms with van der Waals surface area (Å²) in [5.74, 6) is -0.253. The van der Waals surface area contributed by atoms with Crippen LogP contribution in [0.1, 0.15) is 10.4 Å². The second-order valence-electron chi connectivity index (χ2n) is 5.05. The van der Waals surface area contributed by atoms with E-state index in [1.54, 1.807) is 12.1 Å². The van der Waals surface area contributed by atoms with Gasteiger partial charge in [-0.3, -0.25) is 10.1 Å². The lowest BCUT2D eigenvalue weighted by Crippen LogP contribution is -2.10. The summed E-state index contributed by atoms with van der Waals surface area (Å²) in [5, 5.41) is 10.7. The number of hydrogen-bond acceptors (Lipinski definition) is 4. The minimum absolute atomic E-state index is 0.0560. The van der Waals surface area contributed by atoms with Crippen LogP contribution in [0.5, 0.6) is 5.75 Å². The molecule has 0 unspecified atom stereocenters. The van der Waals surface area contributed by atoms with Gasteiger partial charge in [-0.05, 0) is 29.3 Å². The van der Waals surface area contributed by atoms with Crippen LogP contribution in [0.25, 0.3) is 11.1 Å². The molecule has 0 heterocycles. The van der Waals surface area contributed by atoms with Gasteiger partial charge < -0.3 is 4.74 Å². The average molecular weight is 319 g/mol.